The minimum Gasteiger partial charge on any atom is -0.284 e. The molecular weight excluding hydrogens is 371 g/mol. The molecule has 2 fully saturated rings. The number of benzene rings is 1. The molecule has 0 spiro atoms. The van der Waals surface area contributed by atoms with E-state index in [-0.39, 0.29) is 12.2 Å². The summed E-state index contributed by atoms with van der Waals surface area (Å²) in [6.45, 7) is 4.08. The van der Waals surface area contributed by atoms with Gasteiger partial charge in [0.15, 0.2) is 0 Å². The van der Waals surface area contributed by atoms with Crippen molar-refractivity contribution in [3.8, 4) is 0 Å². The maximum atomic E-state index is 13.3. The highest BCUT2D eigenvalue weighted by molar-refractivity contribution is 5.49. The summed E-state index contributed by atoms with van der Waals surface area (Å²) in [6.07, 6.45) is 9.53. The van der Waals surface area contributed by atoms with E-state index in [0.717, 1.165) is 17.8 Å². The predicted molar refractivity (Wildman–Crippen MR) is 115 cm³/mol. The standard InChI is InChI=1S/C25H38F3N/c1-3-5-19-6-8-20(9-7-19)21-10-12-22(13-11-21)23-14-16-24(17-15-23)29(18-4-2)25(26,27)28/h14-17,19-22H,3-13,18H2,1-2H3. The molecule has 0 amide bonds. The van der Waals surface area contributed by atoms with Crippen molar-refractivity contribution in [1.29, 1.82) is 0 Å². The number of hydrogen-bond acceptors (Lipinski definition) is 1. The first-order valence-electron chi connectivity index (χ1n) is 11.9. The van der Waals surface area contributed by atoms with E-state index in [9.17, 15) is 13.2 Å². The third kappa shape index (κ3) is 5.92. The highest BCUT2D eigenvalue weighted by Crippen LogP contribution is 2.44. The average Bonchev–Trinajstić information content (AvgIpc) is 2.72. The summed E-state index contributed by atoms with van der Waals surface area (Å²) in [5, 5.41) is 0. The van der Waals surface area contributed by atoms with Crippen molar-refractivity contribution in [3.05, 3.63) is 29.8 Å². The lowest BCUT2D eigenvalue weighted by Gasteiger charge is -2.38. The van der Waals surface area contributed by atoms with Crippen LogP contribution in [0.5, 0.6) is 0 Å². The van der Waals surface area contributed by atoms with E-state index in [0.29, 0.717) is 17.2 Å². The van der Waals surface area contributed by atoms with Gasteiger partial charge >= 0.3 is 6.30 Å². The van der Waals surface area contributed by atoms with Crippen LogP contribution < -0.4 is 4.90 Å². The van der Waals surface area contributed by atoms with Gasteiger partial charge in [-0.2, -0.15) is 13.2 Å². The Balaban J connectivity index is 1.52. The number of alkyl halides is 3. The van der Waals surface area contributed by atoms with Crippen LogP contribution >= 0.6 is 0 Å². The van der Waals surface area contributed by atoms with Gasteiger partial charge in [-0.15, -0.1) is 0 Å². The Morgan fingerprint density at radius 1 is 0.793 bits per heavy atom. The predicted octanol–water partition coefficient (Wildman–Crippen LogP) is 8.30. The molecule has 0 saturated heterocycles. The molecule has 0 N–H and O–H groups in total. The molecular formula is C25H38F3N. The van der Waals surface area contributed by atoms with Gasteiger partial charge in [-0.3, -0.25) is 4.90 Å². The van der Waals surface area contributed by atoms with E-state index in [1.54, 1.807) is 19.1 Å². The van der Waals surface area contributed by atoms with Gasteiger partial charge in [0, 0.05) is 12.2 Å². The van der Waals surface area contributed by atoms with Gasteiger partial charge in [-0.1, -0.05) is 51.7 Å². The molecule has 0 unspecified atom stereocenters. The molecule has 0 aromatic heterocycles. The van der Waals surface area contributed by atoms with Gasteiger partial charge in [-0.05, 0) is 86.3 Å². The number of rotatable bonds is 7. The first kappa shape index (κ1) is 22.5. The summed E-state index contributed by atoms with van der Waals surface area (Å²) in [6, 6.07) is 7.20. The Kier molecular flexibility index (Phi) is 7.92. The number of halogens is 3. The summed E-state index contributed by atoms with van der Waals surface area (Å²) in [5.41, 5.74) is 1.48. The molecule has 0 aliphatic heterocycles. The fourth-order valence-electron chi connectivity index (χ4n) is 5.83. The molecule has 3 rings (SSSR count). The maximum absolute atomic E-state index is 13.3. The van der Waals surface area contributed by atoms with Crippen molar-refractivity contribution >= 4 is 5.69 Å². The maximum Gasteiger partial charge on any atom is 0.484 e. The fourth-order valence-corrected chi connectivity index (χ4v) is 5.83. The number of anilines is 1. The highest BCUT2D eigenvalue weighted by atomic mass is 19.4. The molecule has 1 aromatic rings. The van der Waals surface area contributed by atoms with Crippen LogP contribution in [0.1, 0.15) is 96.0 Å². The zero-order valence-corrected chi connectivity index (χ0v) is 18.2. The van der Waals surface area contributed by atoms with E-state index in [4.69, 9.17) is 0 Å². The molecule has 2 aliphatic carbocycles. The van der Waals surface area contributed by atoms with E-state index < -0.39 is 6.30 Å². The Labute approximate surface area is 175 Å². The molecule has 2 saturated carbocycles. The van der Waals surface area contributed by atoms with Crippen molar-refractivity contribution in [2.24, 2.45) is 17.8 Å². The van der Waals surface area contributed by atoms with E-state index in [2.05, 4.69) is 6.92 Å². The summed E-state index contributed by atoms with van der Waals surface area (Å²) in [4.78, 5) is 0.558. The van der Waals surface area contributed by atoms with Crippen molar-refractivity contribution in [1.82, 2.24) is 0 Å². The van der Waals surface area contributed by atoms with Crippen molar-refractivity contribution in [3.63, 3.8) is 0 Å². The van der Waals surface area contributed by atoms with E-state index >= 15 is 0 Å². The summed E-state index contributed by atoms with van der Waals surface area (Å²) < 4.78 is 39.8. The van der Waals surface area contributed by atoms with Crippen LogP contribution in [0.15, 0.2) is 24.3 Å². The molecule has 2 aliphatic rings. The van der Waals surface area contributed by atoms with Gasteiger partial charge in [0.25, 0.3) is 0 Å². The number of hydrogen-bond donors (Lipinski definition) is 0. The van der Waals surface area contributed by atoms with E-state index in [1.807, 2.05) is 12.1 Å². The van der Waals surface area contributed by atoms with Gasteiger partial charge < -0.3 is 0 Å². The Morgan fingerprint density at radius 3 is 1.83 bits per heavy atom. The molecule has 0 atom stereocenters. The fraction of sp³-hybridized carbons (Fsp3) is 0.760. The summed E-state index contributed by atoms with van der Waals surface area (Å²) in [5.74, 6) is 3.27. The first-order valence-corrected chi connectivity index (χ1v) is 11.9. The van der Waals surface area contributed by atoms with Crippen LogP contribution in [-0.4, -0.2) is 12.8 Å². The van der Waals surface area contributed by atoms with Crippen LogP contribution in [0.4, 0.5) is 18.9 Å². The van der Waals surface area contributed by atoms with Gasteiger partial charge in [0.1, 0.15) is 0 Å². The van der Waals surface area contributed by atoms with Crippen LogP contribution in [-0.2, 0) is 0 Å². The Morgan fingerprint density at radius 2 is 1.34 bits per heavy atom. The summed E-state index contributed by atoms with van der Waals surface area (Å²) in [7, 11) is 0. The van der Waals surface area contributed by atoms with Crippen molar-refractivity contribution in [2.45, 2.75) is 96.7 Å². The van der Waals surface area contributed by atoms with Crippen LogP contribution in [0, 0.1) is 17.8 Å². The molecule has 1 nitrogen and oxygen atoms in total. The molecule has 29 heavy (non-hydrogen) atoms. The minimum absolute atomic E-state index is 0.00839. The quantitative estimate of drug-likeness (QED) is 0.409. The number of nitrogens with zero attached hydrogens (tertiary/aromatic N) is 1. The minimum atomic E-state index is -4.31. The second-order valence-electron chi connectivity index (χ2n) is 9.39. The Bertz CT molecular complexity index is 593. The summed E-state index contributed by atoms with van der Waals surface area (Å²) >= 11 is 0. The highest BCUT2D eigenvalue weighted by Gasteiger charge is 2.37. The lowest BCUT2D eigenvalue weighted by Crippen LogP contribution is -2.38. The zero-order chi connectivity index (χ0) is 20.9. The second-order valence-corrected chi connectivity index (χ2v) is 9.39. The third-order valence-electron chi connectivity index (χ3n) is 7.46. The normalized spacial score (nSPS) is 28.3. The SMILES string of the molecule is CCCC1CCC(C2CCC(c3ccc(N(CCC)C(F)(F)F)cc3)CC2)CC1. The van der Waals surface area contributed by atoms with Crippen LogP contribution in [0.3, 0.4) is 0 Å². The largest absolute Gasteiger partial charge is 0.484 e. The molecule has 0 heterocycles. The molecule has 164 valence electrons. The topological polar surface area (TPSA) is 3.24 Å². The zero-order valence-electron chi connectivity index (χ0n) is 18.2. The molecule has 4 heteroatoms. The molecule has 0 radical (unpaired) electrons. The van der Waals surface area contributed by atoms with E-state index in [1.165, 1.54) is 69.8 Å². The van der Waals surface area contributed by atoms with Crippen LogP contribution in [0.25, 0.3) is 0 Å². The van der Waals surface area contributed by atoms with Gasteiger partial charge in [0.05, 0.1) is 0 Å². The molecule has 1 aromatic carbocycles. The second kappa shape index (κ2) is 10.2. The van der Waals surface area contributed by atoms with Crippen LogP contribution in [0.2, 0.25) is 0 Å². The lowest BCUT2D eigenvalue weighted by atomic mass is 9.68. The van der Waals surface area contributed by atoms with Gasteiger partial charge in [-0.25, -0.2) is 0 Å². The lowest BCUT2D eigenvalue weighted by molar-refractivity contribution is -0.129. The Hall–Kier alpha value is -1.19. The van der Waals surface area contributed by atoms with Gasteiger partial charge in [0.2, 0.25) is 0 Å². The first-order chi connectivity index (χ1) is 13.9. The smallest absolute Gasteiger partial charge is 0.284 e. The van der Waals surface area contributed by atoms with Crippen molar-refractivity contribution < 1.29 is 13.2 Å². The third-order valence-corrected chi connectivity index (χ3v) is 7.46. The monoisotopic (exact) mass is 409 g/mol. The molecule has 0 bridgehead atoms. The van der Waals surface area contributed by atoms with Crippen molar-refractivity contribution in [2.75, 3.05) is 11.4 Å². The average molecular weight is 410 g/mol.